The standard InChI is InChI=1S/C21H23N5O2/c1-21(2,3)17-8-4-16(5-9-17)14-28-18-10-6-15(7-11-18)12-22-25-20-24-19(27)13-23-26-20/h4-13H,14H2,1-3H3,(H2,24,25,26,27)/b22-12+. The molecule has 0 aliphatic heterocycles. The van der Waals surface area contributed by atoms with E-state index in [9.17, 15) is 4.79 Å². The Morgan fingerprint density at radius 2 is 1.82 bits per heavy atom. The zero-order valence-corrected chi connectivity index (χ0v) is 16.1. The van der Waals surface area contributed by atoms with Gasteiger partial charge in [-0.05, 0) is 46.4 Å². The first kappa shape index (κ1) is 19.3. The Kier molecular flexibility index (Phi) is 5.84. The maximum absolute atomic E-state index is 11.1. The average Bonchev–Trinajstić information content (AvgIpc) is 2.67. The number of rotatable bonds is 6. The van der Waals surface area contributed by atoms with E-state index < -0.39 is 0 Å². The van der Waals surface area contributed by atoms with E-state index in [1.54, 1.807) is 6.21 Å². The molecule has 0 saturated carbocycles. The summed E-state index contributed by atoms with van der Waals surface area (Å²) in [6, 6.07) is 16.1. The van der Waals surface area contributed by atoms with Gasteiger partial charge in [-0.1, -0.05) is 45.0 Å². The molecule has 2 aromatic carbocycles. The van der Waals surface area contributed by atoms with Crippen molar-refractivity contribution in [2.75, 3.05) is 5.43 Å². The van der Waals surface area contributed by atoms with Gasteiger partial charge in [0.25, 0.3) is 5.56 Å². The second-order valence-electron chi connectivity index (χ2n) is 7.36. The number of anilines is 1. The van der Waals surface area contributed by atoms with Gasteiger partial charge in [-0.3, -0.25) is 9.78 Å². The summed E-state index contributed by atoms with van der Waals surface area (Å²) in [7, 11) is 0. The van der Waals surface area contributed by atoms with Gasteiger partial charge < -0.3 is 4.74 Å². The van der Waals surface area contributed by atoms with Gasteiger partial charge in [-0.15, -0.1) is 10.2 Å². The molecule has 0 amide bonds. The zero-order valence-electron chi connectivity index (χ0n) is 16.1. The number of nitrogens with zero attached hydrogens (tertiary/aromatic N) is 3. The van der Waals surface area contributed by atoms with Crippen molar-refractivity contribution in [2.45, 2.75) is 32.8 Å². The average molecular weight is 377 g/mol. The van der Waals surface area contributed by atoms with Crippen LogP contribution in [0.25, 0.3) is 0 Å². The number of hydrogen-bond donors (Lipinski definition) is 2. The van der Waals surface area contributed by atoms with Crippen LogP contribution in [0.15, 0.2) is 64.6 Å². The second-order valence-corrected chi connectivity index (χ2v) is 7.36. The number of hydrazone groups is 1. The molecule has 3 rings (SSSR count). The lowest BCUT2D eigenvalue weighted by Crippen LogP contribution is -2.10. The molecule has 0 aliphatic rings. The van der Waals surface area contributed by atoms with Crippen LogP contribution in [0.1, 0.15) is 37.5 Å². The lowest BCUT2D eigenvalue weighted by Gasteiger charge is -2.19. The third-order valence-corrected chi connectivity index (χ3v) is 4.06. The molecule has 7 nitrogen and oxygen atoms in total. The molecule has 0 saturated heterocycles. The quantitative estimate of drug-likeness (QED) is 0.507. The molecule has 1 heterocycles. The van der Waals surface area contributed by atoms with Crippen LogP contribution in [0.3, 0.4) is 0 Å². The number of ether oxygens (including phenoxy) is 1. The van der Waals surface area contributed by atoms with Crippen LogP contribution in [0.5, 0.6) is 5.75 Å². The Labute approximate surface area is 163 Å². The maximum atomic E-state index is 11.1. The van der Waals surface area contributed by atoms with Gasteiger partial charge in [0.2, 0.25) is 5.95 Å². The van der Waals surface area contributed by atoms with Crippen molar-refractivity contribution in [2.24, 2.45) is 5.10 Å². The van der Waals surface area contributed by atoms with Crippen molar-refractivity contribution in [1.82, 2.24) is 15.2 Å². The summed E-state index contributed by atoms with van der Waals surface area (Å²) in [5.41, 5.74) is 5.73. The van der Waals surface area contributed by atoms with Crippen molar-refractivity contribution in [3.8, 4) is 5.75 Å². The number of nitrogens with one attached hydrogen (secondary N) is 2. The Hall–Kier alpha value is -3.48. The first-order chi connectivity index (χ1) is 13.4. The molecule has 3 aromatic rings. The van der Waals surface area contributed by atoms with Crippen LogP contribution >= 0.6 is 0 Å². The minimum atomic E-state index is -0.345. The summed E-state index contributed by atoms with van der Waals surface area (Å²) in [5, 5.41) is 11.3. The van der Waals surface area contributed by atoms with E-state index in [1.165, 1.54) is 5.56 Å². The number of benzene rings is 2. The normalized spacial score (nSPS) is 11.5. The van der Waals surface area contributed by atoms with E-state index in [0.717, 1.165) is 23.1 Å². The van der Waals surface area contributed by atoms with E-state index in [0.29, 0.717) is 6.61 Å². The van der Waals surface area contributed by atoms with Crippen molar-refractivity contribution in [3.63, 3.8) is 0 Å². The zero-order chi connectivity index (χ0) is 20.0. The predicted octanol–water partition coefficient (Wildman–Crippen LogP) is 3.49. The fourth-order valence-corrected chi connectivity index (χ4v) is 2.45. The highest BCUT2D eigenvalue weighted by Crippen LogP contribution is 2.22. The molecule has 0 atom stereocenters. The molecule has 7 heteroatoms. The van der Waals surface area contributed by atoms with E-state index in [1.807, 2.05) is 24.3 Å². The largest absolute Gasteiger partial charge is 0.489 e. The molecule has 0 radical (unpaired) electrons. The number of hydrogen-bond acceptors (Lipinski definition) is 6. The Bertz CT molecular complexity index is 987. The topological polar surface area (TPSA) is 92.3 Å². The molecular weight excluding hydrogens is 354 g/mol. The number of aromatic amines is 1. The summed E-state index contributed by atoms with van der Waals surface area (Å²) in [4.78, 5) is 13.6. The van der Waals surface area contributed by atoms with E-state index in [-0.39, 0.29) is 16.9 Å². The van der Waals surface area contributed by atoms with Crippen LogP contribution in [-0.4, -0.2) is 21.4 Å². The van der Waals surface area contributed by atoms with E-state index >= 15 is 0 Å². The molecule has 28 heavy (non-hydrogen) atoms. The second kappa shape index (κ2) is 8.47. The molecule has 144 valence electrons. The van der Waals surface area contributed by atoms with Gasteiger partial charge in [-0.25, -0.2) is 5.43 Å². The van der Waals surface area contributed by atoms with Gasteiger partial charge in [-0.2, -0.15) is 5.10 Å². The molecule has 1 aromatic heterocycles. The Morgan fingerprint density at radius 3 is 2.46 bits per heavy atom. The van der Waals surface area contributed by atoms with Crippen molar-refractivity contribution in [3.05, 3.63) is 81.8 Å². The molecular formula is C21H23N5O2. The van der Waals surface area contributed by atoms with Crippen molar-refractivity contribution >= 4 is 12.2 Å². The summed E-state index contributed by atoms with van der Waals surface area (Å²) in [5.74, 6) is 0.962. The minimum absolute atomic E-state index is 0.147. The number of H-pyrrole nitrogens is 1. The van der Waals surface area contributed by atoms with Gasteiger partial charge >= 0.3 is 0 Å². The van der Waals surface area contributed by atoms with Crippen LogP contribution in [0, 0.1) is 0 Å². The lowest BCUT2D eigenvalue weighted by atomic mass is 9.87. The summed E-state index contributed by atoms with van der Waals surface area (Å²) in [6.07, 6.45) is 2.70. The highest BCUT2D eigenvalue weighted by molar-refractivity contribution is 5.80. The summed E-state index contributed by atoms with van der Waals surface area (Å²) < 4.78 is 5.84. The van der Waals surface area contributed by atoms with Crippen molar-refractivity contribution < 1.29 is 4.74 Å². The van der Waals surface area contributed by atoms with Crippen molar-refractivity contribution in [1.29, 1.82) is 0 Å². The van der Waals surface area contributed by atoms with E-state index in [2.05, 4.69) is 70.7 Å². The summed E-state index contributed by atoms with van der Waals surface area (Å²) in [6.45, 7) is 7.11. The van der Waals surface area contributed by atoms with Gasteiger partial charge in [0.05, 0.1) is 6.21 Å². The highest BCUT2D eigenvalue weighted by atomic mass is 16.5. The molecule has 0 aliphatic carbocycles. The van der Waals surface area contributed by atoms with Crippen LogP contribution in [0.4, 0.5) is 5.95 Å². The van der Waals surface area contributed by atoms with Gasteiger partial charge in [0.1, 0.15) is 18.6 Å². The molecule has 2 N–H and O–H groups in total. The fraction of sp³-hybridized carbons (Fsp3) is 0.238. The van der Waals surface area contributed by atoms with Gasteiger partial charge in [0.15, 0.2) is 0 Å². The lowest BCUT2D eigenvalue weighted by molar-refractivity contribution is 0.306. The molecule has 0 unspecified atom stereocenters. The fourth-order valence-electron chi connectivity index (χ4n) is 2.45. The third kappa shape index (κ3) is 5.51. The molecule has 0 spiro atoms. The Balaban J connectivity index is 1.53. The third-order valence-electron chi connectivity index (χ3n) is 4.06. The minimum Gasteiger partial charge on any atom is -0.489 e. The smallest absolute Gasteiger partial charge is 0.271 e. The number of aromatic nitrogens is 3. The van der Waals surface area contributed by atoms with Crippen LogP contribution in [0.2, 0.25) is 0 Å². The van der Waals surface area contributed by atoms with Crippen LogP contribution in [-0.2, 0) is 12.0 Å². The maximum Gasteiger partial charge on any atom is 0.271 e. The van der Waals surface area contributed by atoms with E-state index in [4.69, 9.17) is 4.74 Å². The first-order valence-corrected chi connectivity index (χ1v) is 8.93. The first-order valence-electron chi connectivity index (χ1n) is 8.93. The summed E-state index contributed by atoms with van der Waals surface area (Å²) >= 11 is 0. The highest BCUT2D eigenvalue weighted by Gasteiger charge is 2.12. The molecule has 0 fully saturated rings. The molecule has 0 bridgehead atoms. The monoisotopic (exact) mass is 377 g/mol. The SMILES string of the molecule is CC(C)(C)c1ccc(COc2ccc(/C=N/Nc3nncc(=O)[nH]3)cc2)cc1. The van der Waals surface area contributed by atoms with Gasteiger partial charge in [0, 0.05) is 0 Å². The predicted molar refractivity (Wildman–Crippen MR) is 110 cm³/mol. The Morgan fingerprint density at radius 1 is 1.11 bits per heavy atom. The van der Waals surface area contributed by atoms with Crippen LogP contribution < -0.4 is 15.7 Å².